The Labute approximate surface area is 113 Å². The van der Waals surface area contributed by atoms with Crippen molar-refractivity contribution < 1.29 is 14.4 Å². The van der Waals surface area contributed by atoms with E-state index < -0.39 is 11.8 Å². The number of benzene rings is 1. The van der Waals surface area contributed by atoms with Gasteiger partial charge in [0.1, 0.15) is 13.1 Å². The summed E-state index contributed by atoms with van der Waals surface area (Å²) in [5, 5.41) is 2.15. The molecule has 1 aromatic carbocycles. The number of rotatable bonds is 1. The highest BCUT2D eigenvalue weighted by atomic mass is 16.2. The van der Waals surface area contributed by atoms with Gasteiger partial charge in [-0.1, -0.05) is 0 Å². The number of carbonyl (C=O) groups is 3. The fourth-order valence-electron chi connectivity index (χ4n) is 2.06. The molecule has 0 saturated carbocycles. The molecule has 1 N–H and O–H groups in total. The van der Waals surface area contributed by atoms with Gasteiger partial charge in [0.25, 0.3) is 5.91 Å². The van der Waals surface area contributed by atoms with Gasteiger partial charge in [-0.05, 0) is 18.2 Å². The van der Waals surface area contributed by atoms with E-state index in [2.05, 4.69) is 15.3 Å². The molecule has 100 valence electrons. The summed E-state index contributed by atoms with van der Waals surface area (Å²) >= 11 is 0. The number of piperazine rings is 1. The number of imide groups is 1. The quantitative estimate of drug-likeness (QED) is 0.720. The topological polar surface area (TPSA) is 92.3 Å². The number of hydrogen-bond donors (Lipinski definition) is 1. The van der Waals surface area contributed by atoms with E-state index in [1.165, 1.54) is 11.1 Å². The molecule has 1 aliphatic rings. The van der Waals surface area contributed by atoms with Gasteiger partial charge in [0.05, 0.1) is 11.0 Å². The Bertz CT molecular complexity index is 712. The first-order chi connectivity index (χ1) is 9.63. The average Bonchev–Trinajstić information content (AvgIpc) is 2.45. The van der Waals surface area contributed by atoms with Crippen LogP contribution < -0.4 is 5.32 Å². The zero-order valence-corrected chi connectivity index (χ0v) is 10.4. The smallest absolute Gasteiger partial charge is 0.254 e. The summed E-state index contributed by atoms with van der Waals surface area (Å²) in [6.45, 7) is -0.244. The largest absolute Gasteiger partial charge is 0.320 e. The predicted molar refractivity (Wildman–Crippen MR) is 68.6 cm³/mol. The van der Waals surface area contributed by atoms with Gasteiger partial charge in [-0.15, -0.1) is 0 Å². The van der Waals surface area contributed by atoms with Crippen LogP contribution >= 0.6 is 0 Å². The van der Waals surface area contributed by atoms with Crippen molar-refractivity contribution in [1.29, 1.82) is 0 Å². The lowest BCUT2D eigenvalue weighted by Crippen LogP contribution is -2.53. The van der Waals surface area contributed by atoms with Gasteiger partial charge in [-0.25, -0.2) is 0 Å². The molecule has 0 bridgehead atoms. The van der Waals surface area contributed by atoms with Gasteiger partial charge in [0.15, 0.2) is 0 Å². The van der Waals surface area contributed by atoms with Gasteiger partial charge in [-0.2, -0.15) is 0 Å². The first-order valence-corrected chi connectivity index (χ1v) is 5.96. The van der Waals surface area contributed by atoms with Crippen LogP contribution in [0.25, 0.3) is 11.0 Å². The molecule has 2 aromatic rings. The third kappa shape index (κ3) is 2.20. The van der Waals surface area contributed by atoms with E-state index in [-0.39, 0.29) is 19.0 Å². The second-order valence-corrected chi connectivity index (χ2v) is 4.39. The molecule has 0 spiro atoms. The Kier molecular flexibility index (Phi) is 2.86. The SMILES string of the molecule is O=C1CN(C(=O)c2ccc3nccnc3c2)CC(=O)N1. The normalized spacial score (nSPS) is 15.3. The summed E-state index contributed by atoms with van der Waals surface area (Å²) in [5.74, 6) is -1.33. The van der Waals surface area contributed by atoms with Crippen molar-refractivity contribution in [1.82, 2.24) is 20.2 Å². The number of nitrogens with one attached hydrogen (secondary N) is 1. The summed E-state index contributed by atoms with van der Waals surface area (Å²) in [6, 6.07) is 4.89. The molecule has 7 nitrogen and oxygen atoms in total. The van der Waals surface area contributed by atoms with Crippen LogP contribution in [-0.4, -0.2) is 45.7 Å². The second-order valence-electron chi connectivity index (χ2n) is 4.39. The van der Waals surface area contributed by atoms with E-state index in [9.17, 15) is 14.4 Å². The maximum Gasteiger partial charge on any atom is 0.254 e. The summed E-state index contributed by atoms with van der Waals surface area (Å²) in [6.07, 6.45) is 3.10. The first-order valence-electron chi connectivity index (χ1n) is 5.96. The Morgan fingerprint density at radius 1 is 1.05 bits per heavy atom. The number of fused-ring (bicyclic) bond motifs is 1. The second kappa shape index (κ2) is 4.69. The molecule has 2 heterocycles. The molecule has 7 heteroatoms. The third-order valence-electron chi connectivity index (χ3n) is 2.95. The van der Waals surface area contributed by atoms with E-state index in [1.807, 2.05) is 0 Å². The van der Waals surface area contributed by atoms with Crippen LogP contribution in [0.3, 0.4) is 0 Å². The van der Waals surface area contributed by atoms with E-state index >= 15 is 0 Å². The van der Waals surface area contributed by atoms with Crippen molar-refractivity contribution in [2.75, 3.05) is 13.1 Å². The summed E-state index contributed by atoms with van der Waals surface area (Å²) in [5.41, 5.74) is 1.64. The van der Waals surface area contributed by atoms with Crippen molar-refractivity contribution in [2.24, 2.45) is 0 Å². The molecule has 3 amide bonds. The van der Waals surface area contributed by atoms with Crippen molar-refractivity contribution in [2.45, 2.75) is 0 Å². The van der Waals surface area contributed by atoms with Gasteiger partial charge in [-0.3, -0.25) is 29.7 Å². The standard InChI is InChI=1S/C13H10N4O3/c18-11-6-17(7-12(19)16-11)13(20)8-1-2-9-10(5-8)15-4-3-14-9/h1-5H,6-7H2,(H,16,18,19). The molecule has 1 aromatic heterocycles. The summed E-state index contributed by atoms with van der Waals surface area (Å²) in [7, 11) is 0. The Morgan fingerprint density at radius 3 is 2.40 bits per heavy atom. The fraction of sp³-hybridized carbons (Fsp3) is 0.154. The first kappa shape index (κ1) is 12.2. The lowest BCUT2D eigenvalue weighted by atomic mass is 10.1. The lowest BCUT2D eigenvalue weighted by molar-refractivity contribution is -0.135. The summed E-state index contributed by atoms with van der Waals surface area (Å²) < 4.78 is 0. The molecular formula is C13H10N4O3. The minimum Gasteiger partial charge on any atom is -0.320 e. The molecule has 1 saturated heterocycles. The van der Waals surface area contributed by atoms with Gasteiger partial charge in [0.2, 0.25) is 11.8 Å². The highest BCUT2D eigenvalue weighted by molar-refractivity contribution is 6.06. The van der Waals surface area contributed by atoms with Crippen molar-refractivity contribution >= 4 is 28.8 Å². The minimum atomic E-state index is -0.477. The van der Waals surface area contributed by atoms with E-state index in [0.29, 0.717) is 16.6 Å². The van der Waals surface area contributed by atoms with Gasteiger partial charge >= 0.3 is 0 Å². The van der Waals surface area contributed by atoms with Crippen LogP contribution in [-0.2, 0) is 9.59 Å². The Hall–Kier alpha value is -2.83. The zero-order chi connectivity index (χ0) is 14.1. The number of aromatic nitrogens is 2. The monoisotopic (exact) mass is 270 g/mol. The van der Waals surface area contributed by atoms with E-state index in [4.69, 9.17) is 0 Å². The maximum atomic E-state index is 12.3. The van der Waals surface area contributed by atoms with E-state index in [1.54, 1.807) is 24.4 Å². The number of carbonyl (C=O) groups excluding carboxylic acids is 3. The van der Waals surface area contributed by atoms with Gasteiger partial charge < -0.3 is 4.90 Å². The van der Waals surface area contributed by atoms with Crippen molar-refractivity contribution in [3.63, 3.8) is 0 Å². The molecule has 0 aliphatic carbocycles. The minimum absolute atomic E-state index is 0.122. The fourth-order valence-corrected chi connectivity index (χ4v) is 2.06. The molecule has 3 rings (SSSR count). The zero-order valence-electron chi connectivity index (χ0n) is 10.4. The highest BCUT2D eigenvalue weighted by Crippen LogP contribution is 2.13. The molecule has 0 unspecified atom stereocenters. The molecular weight excluding hydrogens is 260 g/mol. The van der Waals surface area contributed by atoms with Gasteiger partial charge in [0, 0.05) is 18.0 Å². The number of hydrogen-bond acceptors (Lipinski definition) is 5. The van der Waals surface area contributed by atoms with Crippen LogP contribution in [0.5, 0.6) is 0 Å². The number of nitrogens with zero attached hydrogens (tertiary/aromatic N) is 3. The molecule has 0 radical (unpaired) electrons. The number of amides is 3. The Morgan fingerprint density at radius 2 is 1.70 bits per heavy atom. The molecule has 1 aliphatic heterocycles. The van der Waals surface area contributed by atoms with E-state index in [0.717, 1.165) is 0 Å². The predicted octanol–water partition coefficient (Wildman–Crippen LogP) is -0.272. The molecule has 1 fully saturated rings. The van der Waals surface area contributed by atoms with Crippen LogP contribution in [0, 0.1) is 0 Å². The molecule has 0 atom stereocenters. The Balaban J connectivity index is 1.92. The lowest BCUT2D eigenvalue weighted by Gasteiger charge is -2.25. The maximum absolute atomic E-state index is 12.3. The van der Waals surface area contributed by atoms with Crippen LogP contribution in [0.15, 0.2) is 30.6 Å². The van der Waals surface area contributed by atoms with Crippen LogP contribution in [0.1, 0.15) is 10.4 Å². The van der Waals surface area contributed by atoms with Crippen molar-refractivity contribution in [3.8, 4) is 0 Å². The van der Waals surface area contributed by atoms with Crippen molar-refractivity contribution in [3.05, 3.63) is 36.2 Å². The molecule has 20 heavy (non-hydrogen) atoms. The highest BCUT2D eigenvalue weighted by Gasteiger charge is 2.27. The van der Waals surface area contributed by atoms with Crippen LogP contribution in [0.2, 0.25) is 0 Å². The average molecular weight is 270 g/mol. The third-order valence-corrected chi connectivity index (χ3v) is 2.95. The summed E-state index contributed by atoms with van der Waals surface area (Å²) in [4.78, 5) is 44.3. The van der Waals surface area contributed by atoms with Crippen LogP contribution in [0.4, 0.5) is 0 Å².